The van der Waals surface area contributed by atoms with Gasteiger partial charge in [-0.2, -0.15) is 18.4 Å². The minimum absolute atomic E-state index is 0.0311. The van der Waals surface area contributed by atoms with Gasteiger partial charge >= 0.3 is 6.18 Å². The molecule has 0 spiro atoms. The van der Waals surface area contributed by atoms with E-state index >= 15 is 0 Å². The van der Waals surface area contributed by atoms with Gasteiger partial charge in [-0.25, -0.2) is 10.4 Å². The van der Waals surface area contributed by atoms with Crippen molar-refractivity contribution >= 4 is 17.6 Å². The van der Waals surface area contributed by atoms with E-state index in [-0.39, 0.29) is 38.7 Å². The highest BCUT2D eigenvalue weighted by Gasteiger charge is 2.51. The number of hydrogen-bond donors (Lipinski definition) is 2. The van der Waals surface area contributed by atoms with Crippen LogP contribution in [0.2, 0.25) is 0 Å². The van der Waals surface area contributed by atoms with Crippen LogP contribution in [0.5, 0.6) is 0 Å². The first-order chi connectivity index (χ1) is 15.8. The maximum atomic E-state index is 13.0. The Labute approximate surface area is 188 Å². The number of hydrazine groups is 1. The monoisotopic (exact) mass is 470 g/mol. The van der Waals surface area contributed by atoms with Crippen molar-refractivity contribution in [3.05, 3.63) is 23.9 Å². The van der Waals surface area contributed by atoms with Crippen LogP contribution >= 0.6 is 0 Å². The molecule has 2 unspecified atom stereocenters. The molecule has 10 nitrogen and oxygen atoms in total. The molecule has 1 aromatic rings. The highest BCUT2D eigenvalue weighted by atomic mass is 19.4. The number of rotatable bonds is 8. The van der Waals surface area contributed by atoms with Gasteiger partial charge in [-0.3, -0.25) is 15.0 Å². The molecule has 13 heteroatoms. The number of nitrogens with zero attached hydrogens (tertiary/aromatic N) is 4. The van der Waals surface area contributed by atoms with Crippen molar-refractivity contribution in [2.75, 3.05) is 57.4 Å². The molecular formula is C20H25F3N6O4. The summed E-state index contributed by atoms with van der Waals surface area (Å²) >= 11 is 0. The number of nitrogens with one attached hydrogen (secondary N) is 2. The Bertz CT molecular complexity index is 853. The van der Waals surface area contributed by atoms with E-state index in [4.69, 9.17) is 14.7 Å². The Balaban J connectivity index is 1.31. The minimum atomic E-state index is -4.69. The van der Waals surface area contributed by atoms with Gasteiger partial charge in [0.05, 0.1) is 11.7 Å². The van der Waals surface area contributed by atoms with Gasteiger partial charge in [-0.05, 0) is 18.6 Å². The smallest absolute Gasteiger partial charge is 0.376 e. The lowest BCUT2D eigenvalue weighted by Gasteiger charge is -2.35. The topological polar surface area (TPSA) is 120 Å². The summed E-state index contributed by atoms with van der Waals surface area (Å²) < 4.78 is 49.7. The lowest BCUT2D eigenvalue weighted by atomic mass is 9.99. The zero-order chi connectivity index (χ0) is 23.8. The molecule has 2 N–H and O–H groups in total. The van der Waals surface area contributed by atoms with E-state index in [9.17, 15) is 22.8 Å². The van der Waals surface area contributed by atoms with E-state index in [1.165, 1.54) is 6.20 Å². The first-order valence-corrected chi connectivity index (χ1v) is 10.5. The summed E-state index contributed by atoms with van der Waals surface area (Å²) in [7, 11) is 0. The molecule has 3 heterocycles. The van der Waals surface area contributed by atoms with Crippen LogP contribution in [0.3, 0.4) is 0 Å². The fourth-order valence-electron chi connectivity index (χ4n) is 3.59. The van der Waals surface area contributed by atoms with Gasteiger partial charge in [0, 0.05) is 52.1 Å². The van der Waals surface area contributed by atoms with Gasteiger partial charge < -0.3 is 19.3 Å². The van der Waals surface area contributed by atoms with Crippen molar-refractivity contribution < 1.29 is 32.2 Å². The second-order valence-corrected chi connectivity index (χ2v) is 7.59. The minimum Gasteiger partial charge on any atom is -0.376 e. The molecule has 3 rings (SSSR count). The number of carbonyl (C=O) groups excluding carboxylic acids is 2. The average molecular weight is 470 g/mol. The Kier molecular flexibility index (Phi) is 8.43. The summed E-state index contributed by atoms with van der Waals surface area (Å²) in [6, 6.07) is 5.48. The maximum absolute atomic E-state index is 13.0. The van der Waals surface area contributed by atoms with Crippen LogP contribution in [-0.4, -0.2) is 86.5 Å². The number of halogens is 3. The number of hydrogen-bond acceptors (Lipinski definition) is 8. The number of ether oxygens (including phenoxy) is 2. The van der Waals surface area contributed by atoms with E-state index in [1.807, 2.05) is 16.4 Å². The Morgan fingerprint density at radius 1 is 1.24 bits per heavy atom. The van der Waals surface area contributed by atoms with Gasteiger partial charge in [0.25, 0.3) is 0 Å². The molecule has 0 aliphatic carbocycles. The number of aromatic nitrogens is 1. The second kappa shape index (κ2) is 11.3. The Hall–Kier alpha value is -2.95. The van der Waals surface area contributed by atoms with Crippen molar-refractivity contribution in [1.82, 2.24) is 20.7 Å². The third-order valence-electron chi connectivity index (χ3n) is 5.35. The standard InChI is InChI=1S/C20H25F3N6O4/c21-20(22,23)18-15(12-26-27-19(18)31)33-9-1-8-32-13-17(30)29-6-4-28(5-7-29)16-3-2-14(10-24)11-25-16/h2-3,11,15,18,26H,1,4-9,12-13H2,(H,27,31). The SMILES string of the molecule is N#Cc1ccc(N2CCN(C(=O)COCCCOC3CNNC(=O)C3C(F)(F)F)CC2)nc1. The van der Waals surface area contributed by atoms with Gasteiger partial charge in [0.1, 0.15) is 18.5 Å². The number of alkyl halides is 3. The van der Waals surface area contributed by atoms with Gasteiger partial charge in [-0.1, -0.05) is 0 Å². The molecule has 0 bridgehead atoms. The van der Waals surface area contributed by atoms with Gasteiger partial charge in [0.15, 0.2) is 5.92 Å². The summed E-state index contributed by atoms with van der Waals surface area (Å²) in [6.07, 6.45) is -4.22. The first-order valence-electron chi connectivity index (χ1n) is 10.5. The molecule has 2 aliphatic rings. The van der Waals surface area contributed by atoms with E-state index in [0.29, 0.717) is 31.7 Å². The largest absolute Gasteiger partial charge is 0.403 e. The summed E-state index contributed by atoms with van der Waals surface area (Å²) in [5.74, 6) is -2.82. The van der Waals surface area contributed by atoms with E-state index in [0.717, 1.165) is 5.82 Å². The van der Waals surface area contributed by atoms with Crippen molar-refractivity contribution in [2.45, 2.75) is 18.7 Å². The van der Waals surface area contributed by atoms with Crippen molar-refractivity contribution in [2.24, 2.45) is 5.92 Å². The Morgan fingerprint density at radius 2 is 2.00 bits per heavy atom. The highest BCUT2D eigenvalue weighted by Crippen LogP contribution is 2.31. The molecule has 2 amide bonds. The molecule has 0 aromatic carbocycles. The number of pyridine rings is 1. The van der Waals surface area contributed by atoms with Crippen molar-refractivity contribution in [1.29, 1.82) is 5.26 Å². The normalized spacial score (nSPS) is 21.5. The maximum Gasteiger partial charge on any atom is 0.403 e. The molecule has 0 radical (unpaired) electrons. The average Bonchev–Trinajstić information content (AvgIpc) is 2.80. The lowest BCUT2D eigenvalue weighted by Crippen LogP contribution is -2.60. The molecule has 180 valence electrons. The van der Waals surface area contributed by atoms with E-state index < -0.39 is 24.1 Å². The highest BCUT2D eigenvalue weighted by molar-refractivity contribution is 5.80. The number of carbonyl (C=O) groups is 2. The van der Waals surface area contributed by atoms with E-state index in [1.54, 1.807) is 17.0 Å². The fraction of sp³-hybridized carbons (Fsp3) is 0.600. The predicted molar refractivity (Wildman–Crippen MR) is 109 cm³/mol. The fourth-order valence-corrected chi connectivity index (χ4v) is 3.59. The molecular weight excluding hydrogens is 445 g/mol. The third kappa shape index (κ3) is 6.77. The number of amides is 2. The summed E-state index contributed by atoms with van der Waals surface area (Å²) in [5, 5.41) is 8.84. The van der Waals surface area contributed by atoms with Crippen LogP contribution in [0, 0.1) is 17.2 Å². The zero-order valence-electron chi connectivity index (χ0n) is 17.8. The van der Waals surface area contributed by atoms with Crippen LogP contribution in [0.4, 0.5) is 19.0 Å². The molecule has 2 fully saturated rings. The van der Waals surface area contributed by atoms with Gasteiger partial charge in [0.2, 0.25) is 11.8 Å². The lowest BCUT2D eigenvalue weighted by molar-refractivity contribution is -0.213. The summed E-state index contributed by atoms with van der Waals surface area (Å²) in [5.41, 5.74) is 4.83. The second-order valence-electron chi connectivity index (χ2n) is 7.59. The van der Waals surface area contributed by atoms with Crippen LogP contribution < -0.4 is 15.8 Å². The molecule has 2 atom stereocenters. The van der Waals surface area contributed by atoms with Crippen LogP contribution in [-0.2, 0) is 19.1 Å². The zero-order valence-corrected chi connectivity index (χ0v) is 17.8. The van der Waals surface area contributed by atoms with Crippen molar-refractivity contribution in [3.63, 3.8) is 0 Å². The molecule has 1 aromatic heterocycles. The Morgan fingerprint density at radius 3 is 2.64 bits per heavy atom. The third-order valence-corrected chi connectivity index (χ3v) is 5.35. The van der Waals surface area contributed by atoms with Crippen LogP contribution in [0.25, 0.3) is 0 Å². The molecule has 33 heavy (non-hydrogen) atoms. The molecule has 2 saturated heterocycles. The number of anilines is 1. The van der Waals surface area contributed by atoms with Crippen LogP contribution in [0.15, 0.2) is 18.3 Å². The quantitative estimate of drug-likeness (QED) is 0.518. The van der Waals surface area contributed by atoms with E-state index in [2.05, 4.69) is 10.4 Å². The van der Waals surface area contributed by atoms with Crippen molar-refractivity contribution in [3.8, 4) is 6.07 Å². The first kappa shape index (κ1) is 24.7. The number of piperazine rings is 1. The summed E-state index contributed by atoms with van der Waals surface area (Å²) in [4.78, 5) is 31.8. The molecule has 2 aliphatic heterocycles. The van der Waals surface area contributed by atoms with Crippen LogP contribution in [0.1, 0.15) is 12.0 Å². The predicted octanol–water partition coefficient (Wildman–Crippen LogP) is 0.207. The number of nitriles is 1. The molecule has 0 saturated carbocycles. The van der Waals surface area contributed by atoms with Gasteiger partial charge in [-0.15, -0.1) is 0 Å². The summed E-state index contributed by atoms with van der Waals surface area (Å²) in [6.45, 7) is 2.03.